The standard InChI is InChI=1S/C17H13F3N2O2/c1-10-6-12-7-11(9-21-16(12)22-10)8-14(23)13-4-2-3-5-15(13)24-17(18,19)20/h2-7,9H,8H2,1H3,(H,21,22). The highest BCUT2D eigenvalue weighted by Gasteiger charge is 2.32. The van der Waals surface area contributed by atoms with E-state index in [0.717, 1.165) is 17.1 Å². The summed E-state index contributed by atoms with van der Waals surface area (Å²) in [5.74, 6) is -0.968. The van der Waals surface area contributed by atoms with E-state index in [1.54, 1.807) is 6.07 Å². The fourth-order valence-electron chi connectivity index (χ4n) is 2.49. The van der Waals surface area contributed by atoms with E-state index in [0.29, 0.717) is 11.2 Å². The van der Waals surface area contributed by atoms with Gasteiger partial charge in [-0.25, -0.2) is 4.98 Å². The predicted octanol–water partition coefficient (Wildman–Crippen LogP) is 4.20. The van der Waals surface area contributed by atoms with Crippen LogP contribution in [0.3, 0.4) is 0 Å². The topological polar surface area (TPSA) is 55.0 Å². The first-order valence-corrected chi connectivity index (χ1v) is 7.14. The van der Waals surface area contributed by atoms with Crippen LogP contribution in [-0.2, 0) is 6.42 Å². The lowest BCUT2D eigenvalue weighted by atomic mass is 10.0. The van der Waals surface area contributed by atoms with Crippen molar-refractivity contribution >= 4 is 16.8 Å². The summed E-state index contributed by atoms with van der Waals surface area (Å²) in [4.78, 5) is 19.7. The third-order valence-corrected chi connectivity index (χ3v) is 3.44. The van der Waals surface area contributed by atoms with E-state index >= 15 is 0 Å². The van der Waals surface area contributed by atoms with Gasteiger partial charge in [-0.2, -0.15) is 0 Å². The molecule has 24 heavy (non-hydrogen) atoms. The number of nitrogens with one attached hydrogen (secondary N) is 1. The number of para-hydroxylation sites is 1. The zero-order valence-electron chi connectivity index (χ0n) is 12.6. The number of rotatable bonds is 4. The molecule has 0 aliphatic carbocycles. The Morgan fingerprint density at radius 2 is 2.00 bits per heavy atom. The number of pyridine rings is 1. The van der Waals surface area contributed by atoms with Gasteiger partial charge >= 0.3 is 6.36 Å². The van der Waals surface area contributed by atoms with Crippen molar-refractivity contribution < 1.29 is 22.7 Å². The molecule has 3 aromatic rings. The number of alkyl halides is 3. The first kappa shape index (κ1) is 16.0. The van der Waals surface area contributed by atoms with Crippen molar-refractivity contribution in [1.29, 1.82) is 0 Å². The maximum atomic E-state index is 12.4. The van der Waals surface area contributed by atoms with E-state index in [1.165, 1.54) is 24.4 Å². The summed E-state index contributed by atoms with van der Waals surface area (Å²) in [6.07, 6.45) is -3.38. The number of hydrogen-bond acceptors (Lipinski definition) is 3. The molecule has 0 saturated carbocycles. The number of carbonyl (C=O) groups excluding carboxylic acids is 1. The number of ether oxygens (including phenoxy) is 1. The Bertz CT molecular complexity index is 900. The van der Waals surface area contributed by atoms with Gasteiger partial charge in [0.05, 0.1) is 5.56 Å². The van der Waals surface area contributed by atoms with Gasteiger partial charge in [0, 0.05) is 23.7 Å². The summed E-state index contributed by atoms with van der Waals surface area (Å²) in [6, 6.07) is 8.99. The fraction of sp³-hybridized carbons (Fsp3) is 0.176. The minimum atomic E-state index is -4.85. The number of halogens is 3. The van der Waals surface area contributed by atoms with Gasteiger partial charge in [-0.05, 0) is 36.8 Å². The Kier molecular flexibility index (Phi) is 4.01. The average Bonchev–Trinajstić information content (AvgIpc) is 2.85. The largest absolute Gasteiger partial charge is 0.573 e. The lowest BCUT2D eigenvalue weighted by Gasteiger charge is -2.12. The lowest BCUT2D eigenvalue weighted by Crippen LogP contribution is -2.19. The van der Waals surface area contributed by atoms with Gasteiger partial charge in [-0.3, -0.25) is 4.79 Å². The van der Waals surface area contributed by atoms with Crippen molar-refractivity contribution in [3.63, 3.8) is 0 Å². The van der Waals surface area contributed by atoms with Gasteiger partial charge in [0.25, 0.3) is 0 Å². The highest BCUT2D eigenvalue weighted by atomic mass is 19.4. The van der Waals surface area contributed by atoms with Gasteiger partial charge in [-0.1, -0.05) is 12.1 Å². The molecule has 1 aromatic carbocycles. The second-order valence-electron chi connectivity index (χ2n) is 5.38. The Morgan fingerprint density at radius 1 is 1.25 bits per heavy atom. The molecular formula is C17H13F3N2O2. The molecule has 0 atom stereocenters. The molecule has 3 rings (SSSR count). The molecule has 1 N–H and O–H groups in total. The molecule has 0 saturated heterocycles. The van der Waals surface area contributed by atoms with E-state index < -0.39 is 17.9 Å². The number of aryl methyl sites for hydroxylation is 1. The van der Waals surface area contributed by atoms with Crippen LogP contribution in [0.25, 0.3) is 11.0 Å². The van der Waals surface area contributed by atoms with Crippen LogP contribution in [0.1, 0.15) is 21.6 Å². The zero-order valence-corrected chi connectivity index (χ0v) is 12.6. The molecule has 2 heterocycles. The number of carbonyl (C=O) groups is 1. The number of hydrogen-bond donors (Lipinski definition) is 1. The van der Waals surface area contributed by atoms with Crippen molar-refractivity contribution in [2.75, 3.05) is 0 Å². The Morgan fingerprint density at radius 3 is 2.75 bits per heavy atom. The van der Waals surface area contributed by atoms with Gasteiger partial charge in [0.2, 0.25) is 0 Å². The third kappa shape index (κ3) is 3.56. The van der Waals surface area contributed by atoms with E-state index in [2.05, 4.69) is 14.7 Å². The maximum absolute atomic E-state index is 12.4. The smallest absolute Gasteiger partial charge is 0.405 e. The Labute approximate surface area is 135 Å². The van der Waals surface area contributed by atoms with E-state index in [9.17, 15) is 18.0 Å². The molecule has 0 aliphatic rings. The maximum Gasteiger partial charge on any atom is 0.573 e. The molecule has 0 aliphatic heterocycles. The third-order valence-electron chi connectivity index (χ3n) is 3.44. The molecule has 4 nitrogen and oxygen atoms in total. The van der Waals surface area contributed by atoms with Crippen LogP contribution in [0.2, 0.25) is 0 Å². The van der Waals surface area contributed by atoms with Crippen LogP contribution in [0.5, 0.6) is 5.75 Å². The van der Waals surface area contributed by atoms with Crippen molar-refractivity contribution in [2.45, 2.75) is 19.7 Å². The fourth-order valence-corrected chi connectivity index (χ4v) is 2.49. The van der Waals surface area contributed by atoms with Crippen LogP contribution < -0.4 is 4.74 Å². The van der Waals surface area contributed by atoms with Gasteiger partial charge < -0.3 is 9.72 Å². The number of Topliss-reactive ketones (excluding diaryl/α,β-unsaturated/α-hetero) is 1. The second-order valence-corrected chi connectivity index (χ2v) is 5.38. The number of aromatic nitrogens is 2. The number of aromatic amines is 1. The molecule has 0 fully saturated rings. The summed E-state index contributed by atoms with van der Waals surface area (Å²) in [7, 11) is 0. The summed E-state index contributed by atoms with van der Waals surface area (Å²) in [5.41, 5.74) is 2.14. The SMILES string of the molecule is Cc1cc2cc(CC(=O)c3ccccc3OC(F)(F)F)cnc2[nH]1. The molecule has 0 amide bonds. The molecular weight excluding hydrogens is 321 g/mol. The molecule has 7 heteroatoms. The normalized spacial score (nSPS) is 11.7. The van der Waals surface area contributed by atoms with Crippen molar-refractivity contribution in [3.8, 4) is 5.75 Å². The summed E-state index contributed by atoms with van der Waals surface area (Å²) in [5, 5.41) is 0.845. The number of ketones is 1. The highest BCUT2D eigenvalue weighted by Crippen LogP contribution is 2.27. The predicted molar refractivity (Wildman–Crippen MR) is 82.0 cm³/mol. The van der Waals surface area contributed by atoms with Gasteiger partial charge in [0.1, 0.15) is 11.4 Å². The molecule has 2 aromatic heterocycles. The lowest BCUT2D eigenvalue weighted by molar-refractivity contribution is -0.274. The highest BCUT2D eigenvalue weighted by molar-refractivity contribution is 6.00. The second kappa shape index (κ2) is 5.99. The quantitative estimate of drug-likeness (QED) is 0.728. The van der Waals surface area contributed by atoms with Gasteiger partial charge in [0.15, 0.2) is 5.78 Å². The minimum Gasteiger partial charge on any atom is -0.405 e. The summed E-state index contributed by atoms with van der Waals surface area (Å²) >= 11 is 0. The van der Waals surface area contributed by atoms with E-state index in [1.807, 2.05) is 13.0 Å². The van der Waals surface area contributed by atoms with Crippen LogP contribution in [0.15, 0.2) is 42.6 Å². The molecule has 0 radical (unpaired) electrons. The monoisotopic (exact) mass is 334 g/mol. The summed E-state index contributed by atoms with van der Waals surface area (Å²) in [6.45, 7) is 1.89. The number of benzene rings is 1. The zero-order chi connectivity index (χ0) is 17.3. The van der Waals surface area contributed by atoms with Crippen molar-refractivity contribution in [3.05, 3.63) is 59.4 Å². The van der Waals surface area contributed by atoms with Crippen LogP contribution in [-0.4, -0.2) is 22.1 Å². The van der Waals surface area contributed by atoms with E-state index in [-0.39, 0.29) is 12.0 Å². The van der Waals surface area contributed by atoms with Gasteiger partial charge in [-0.15, -0.1) is 13.2 Å². The first-order chi connectivity index (χ1) is 11.3. The number of fused-ring (bicyclic) bond motifs is 1. The molecule has 0 spiro atoms. The van der Waals surface area contributed by atoms with Crippen LogP contribution in [0.4, 0.5) is 13.2 Å². The Balaban J connectivity index is 1.86. The van der Waals surface area contributed by atoms with Crippen LogP contribution >= 0.6 is 0 Å². The van der Waals surface area contributed by atoms with Crippen molar-refractivity contribution in [1.82, 2.24) is 9.97 Å². The van der Waals surface area contributed by atoms with Crippen LogP contribution in [0, 0.1) is 6.92 Å². The Hall–Kier alpha value is -2.83. The number of H-pyrrole nitrogens is 1. The molecule has 0 bridgehead atoms. The minimum absolute atomic E-state index is 0.0641. The molecule has 124 valence electrons. The van der Waals surface area contributed by atoms with Crippen molar-refractivity contribution in [2.24, 2.45) is 0 Å². The van der Waals surface area contributed by atoms with E-state index in [4.69, 9.17) is 0 Å². The average molecular weight is 334 g/mol. The number of nitrogens with zero attached hydrogens (tertiary/aromatic N) is 1. The first-order valence-electron chi connectivity index (χ1n) is 7.14. The summed E-state index contributed by atoms with van der Waals surface area (Å²) < 4.78 is 41.2. The molecule has 0 unspecified atom stereocenters.